The number of piperidine rings is 2. The van der Waals surface area contributed by atoms with Gasteiger partial charge >= 0.3 is 0 Å². The Kier molecular flexibility index (Phi) is 6.95. The van der Waals surface area contributed by atoms with Crippen LogP contribution in [0.1, 0.15) is 41.0 Å². The average Bonchev–Trinajstić information content (AvgIpc) is 3.18. The number of carbonyl (C=O) groups is 1. The molecule has 2 aliphatic rings. The Labute approximate surface area is 178 Å². The SMILES string of the molecule is Cc1ccc(CN2CCC(N3CCC(C(=O)NCc4cccnc4)CC3)CC2)s1. The van der Waals surface area contributed by atoms with Crippen molar-refractivity contribution in [1.29, 1.82) is 0 Å². The van der Waals surface area contributed by atoms with Crippen molar-refractivity contribution in [3.8, 4) is 0 Å². The van der Waals surface area contributed by atoms with Gasteiger partial charge in [0.15, 0.2) is 0 Å². The second-order valence-electron chi connectivity index (χ2n) is 8.41. The van der Waals surface area contributed by atoms with Crippen molar-refractivity contribution in [2.24, 2.45) is 5.92 Å². The molecule has 0 radical (unpaired) electrons. The molecule has 0 unspecified atom stereocenters. The van der Waals surface area contributed by atoms with E-state index in [1.165, 1.54) is 35.7 Å². The molecule has 0 saturated carbocycles. The second-order valence-corrected chi connectivity index (χ2v) is 9.78. The van der Waals surface area contributed by atoms with Crippen LogP contribution in [0.25, 0.3) is 0 Å². The number of likely N-dealkylation sites (tertiary alicyclic amines) is 2. The van der Waals surface area contributed by atoms with E-state index in [9.17, 15) is 4.79 Å². The molecular formula is C23H32N4OS. The van der Waals surface area contributed by atoms with Gasteiger partial charge in [0.2, 0.25) is 5.91 Å². The Hall–Kier alpha value is -1.76. The number of pyridine rings is 1. The van der Waals surface area contributed by atoms with Crippen LogP contribution in [-0.2, 0) is 17.9 Å². The Morgan fingerprint density at radius 2 is 1.93 bits per heavy atom. The molecule has 1 amide bonds. The number of nitrogens with one attached hydrogen (secondary N) is 1. The number of hydrogen-bond donors (Lipinski definition) is 1. The number of thiophene rings is 1. The molecule has 6 heteroatoms. The van der Waals surface area contributed by atoms with Crippen molar-refractivity contribution in [3.05, 3.63) is 52.0 Å². The van der Waals surface area contributed by atoms with Gasteiger partial charge in [-0.2, -0.15) is 0 Å². The van der Waals surface area contributed by atoms with E-state index in [0.29, 0.717) is 12.6 Å². The topological polar surface area (TPSA) is 48.5 Å². The van der Waals surface area contributed by atoms with Gasteiger partial charge in [-0.25, -0.2) is 0 Å². The van der Waals surface area contributed by atoms with E-state index in [4.69, 9.17) is 0 Å². The fourth-order valence-electron chi connectivity index (χ4n) is 4.60. The Morgan fingerprint density at radius 3 is 2.59 bits per heavy atom. The summed E-state index contributed by atoms with van der Waals surface area (Å²) in [5.41, 5.74) is 1.06. The third kappa shape index (κ3) is 5.65. The van der Waals surface area contributed by atoms with Crippen LogP contribution in [0.4, 0.5) is 0 Å². The molecule has 4 rings (SSSR count). The summed E-state index contributed by atoms with van der Waals surface area (Å²) in [7, 11) is 0. The summed E-state index contributed by atoms with van der Waals surface area (Å²) in [4.78, 5) is 24.7. The molecule has 2 fully saturated rings. The summed E-state index contributed by atoms with van der Waals surface area (Å²) in [5.74, 6) is 0.361. The summed E-state index contributed by atoms with van der Waals surface area (Å²) < 4.78 is 0. The molecule has 156 valence electrons. The molecule has 0 bridgehead atoms. The van der Waals surface area contributed by atoms with Crippen LogP contribution in [0.2, 0.25) is 0 Å². The van der Waals surface area contributed by atoms with E-state index in [1.54, 1.807) is 6.20 Å². The van der Waals surface area contributed by atoms with Crippen molar-refractivity contribution >= 4 is 17.2 Å². The predicted octanol–water partition coefficient (Wildman–Crippen LogP) is 3.44. The fraction of sp³-hybridized carbons (Fsp3) is 0.565. The Morgan fingerprint density at radius 1 is 1.14 bits per heavy atom. The monoisotopic (exact) mass is 412 g/mol. The number of aryl methyl sites for hydroxylation is 1. The van der Waals surface area contributed by atoms with E-state index in [2.05, 4.69) is 39.2 Å². The number of rotatable bonds is 6. The largest absolute Gasteiger partial charge is 0.352 e. The van der Waals surface area contributed by atoms with Crippen LogP contribution < -0.4 is 5.32 Å². The van der Waals surface area contributed by atoms with E-state index < -0.39 is 0 Å². The van der Waals surface area contributed by atoms with Crippen LogP contribution in [0, 0.1) is 12.8 Å². The van der Waals surface area contributed by atoms with Crippen LogP contribution in [0.3, 0.4) is 0 Å². The second kappa shape index (κ2) is 9.83. The van der Waals surface area contributed by atoms with Gasteiger partial charge in [-0.1, -0.05) is 6.07 Å². The molecule has 2 saturated heterocycles. The normalized spacial score (nSPS) is 20.0. The summed E-state index contributed by atoms with van der Waals surface area (Å²) in [6, 6.07) is 9.10. The first-order valence-electron chi connectivity index (χ1n) is 10.9. The summed E-state index contributed by atoms with van der Waals surface area (Å²) in [5, 5.41) is 3.09. The molecular weight excluding hydrogens is 380 g/mol. The van der Waals surface area contributed by atoms with Crippen LogP contribution in [0.5, 0.6) is 0 Å². The van der Waals surface area contributed by atoms with Gasteiger partial charge in [-0.3, -0.25) is 14.7 Å². The third-order valence-electron chi connectivity index (χ3n) is 6.34. The zero-order valence-corrected chi connectivity index (χ0v) is 18.2. The van der Waals surface area contributed by atoms with Gasteiger partial charge in [0.25, 0.3) is 0 Å². The fourth-order valence-corrected chi connectivity index (χ4v) is 5.53. The minimum Gasteiger partial charge on any atom is -0.352 e. The first-order valence-corrected chi connectivity index (χ1v) is 11.7. The maximum absolute atomic E-state index is 12.5. The lowest BCUT2D eigenvalue weighted by molar-refractivity contribution is -0.126. The van der Waals surface area contributed by atoms with Gasteiger partial charge < -0.3 is 10.2 Å². The number of carbonyl (C=O) groups excluding carboxylic acids is 1. The van der Waals surface area contributed by atoms with Crippen LogP contribution in [0.15, 0.2) is 36.7 Å². The standard InChI is InChI=1S/C23H32N4OS/c1-18-4-5-22(29-18)17-26-11-8-21(9-12-26)27-13-6-20(7-14-27)23(28)25-16-19-3-2-10-24-15-19/h2-5,10,15,20-21H,6-9,11-14,16-17H2,1H3,(H,25,28). The molecule has 0 spiro atoms. The van der Waals surface area contributed by atoms with Gasteiger partial charge in [-0.15, -0.1) is 11.3 Å². The van der Waals surface area contributed by atoms with E-state index in [1.807, 2.05) is 29.7 Å². The number of aromatic nitrogens is 1. The molecule has 0 aromatic carbocycles. The van der Waals surface area contributed by atoms with Crippen molar-refractivity contribution in [2.75, 3.05) is 26.2 Å². The highest BCUT2D eigenvalue weighted by molar-refractivity contribution is 7.11. The minimum absolute atomic E-state index is 0.157. The summed E-state index contributed by atoms with van der Waals surface area (Å²) in [6.45, 7) is 8.35. The maximum Gasteiger partial charge on any atom is 0.223 e. The van der Waals surface area contributed by atoms with Crippen LogP contribution in [-0.4, -0.2) is 52.9 Å². The lowest BCUT2D eigenvalue weighted by Crippen LogP contribution is -2.49. The molecule has 4 heterocycles. The van der Waals surface area contributed by atoms with E-state index >= 15 is 0 Å². The first kappa shape index (κ1) is 20.5. The van der Waals surface area contributed by atoms with Crippen molar-refractivity contribution < 1.29 is 4.79 Å². The molecule has 2 aromatic heterocycles. The van der Waals surface area contributed by atoms with E-state index in [0.717, 1.165) is 38.0 Å². The van der Waals surface area contributed by atoms with Gasteiger partial charge in [0, 0.05) is 60.3 Å². The maximum atomic E-state index is 12.5. The van der Waals surface area contributed by atoms with Gasteiger partial charge in [0.1, 0.15) is 0 Å². The lowest BCUT2D eigenvalue weighted by atomic mass is 9.92. The first-order chi connectivity index (χ1) is 14.2. The highest BCUT2D eigenvalue weighted by Gasteiger charge is 2.30. The molecule has 2 aliphatic heterocycles. The molecule has 29 heavy (non-hydrogen) atoms. The zero-order chi connectivity index (χ0) is 20.1. The highest BCUT2D eigenvalue weighted by atomic mass is 32.1. The number of hydrogen-bond acceptors (Lipinski definition) is 5. The molecule has 0 atom stereocenters. The van der Waals surface area contributed by atoms with E-state index in [-0.39, 0.29) is 11.8 Å². The Balaban J connectivity index is 1.17. The Bertz CT molecular complexity index is 777. The van der Waals surface area contributed by atoms with Gasteiger partial charge in [0.05, 0.1) is 0 Å². The minimum atomic E-state index is 0.157. The molecule has 5 nitrogen and oxygen atoms in total. The predicted molar refractivity (Wildman–Crippen MR) is 118 cm³/mol. The number of nitrogens with zero attached hydrogens (tertiary/aromatic N) is 3. The van der Waals surface area contributed by atoms with Crippen molar-refractivity contribution in [2.45, 2.75) is 51.7 Å². The third-order valence-corrected chi connectivity index (χ3v) is 7.32. The summed E-state index contributed by atoms with van der Waals surface area (Å²) in [6.07, 6.45) is 8.04. The lowest BCUT2D eigenvalue weighted by Gasteiger charge is -2.41. The zero-order valence-electron chi connectivity index (χ0n) is 17.3. The molecule has 2 aromatic rings. The quantitative estimate of drug-likeness (QED) is 0.790. The highest BCUT2D eigenvalue weighted by Crippen LogP contribution is 2.26. The summed E-state index contributed by atoms with van der Waals surface area (Å²) >= 11 is 1.92. The van der Waals surface area contributed by atoms with Crippen molar-refractivity contribution in [3.63, 3.8) is 0 Å². The number of amides is 1. The smallest absolute Gasteiger partial charge is 0.223 e. The molecule has 0 aliphatic carbocycles. The molecule has 1 N–H and O–H groups in total. The van der Waals surface area contributed by atoms with Crippen molar-refractivity contribution in [1.82, 2.24) is 20.1 Å². The van der Waals surface area contributed by atoms with Gasteiger partial charge in [-0.05, 0) is 69.5 Å². The van der Waals surface area contributed by atoms with Crippen LogP contribution >= 0.6 is 11.3 Å². The average molecular weight is 413 g/mol.